The molecular formula is C21H26N2O2. The Morgan fingerprint density at radius 2 is 1.72 bits per heavy atom. The largest absolute Gasteiger partial charge is 0.341 e. The number of piperidine rings is 1. The molecule has 4 heteroatoms. The number of aromatic nitrogens is 1. The molecule has 2 atom stereocenters. The van der Waals surface area contributed by atoms with Gasteiger partial charge < -0.3 is 9.47 Å². The number of carbonyl (C=O) groups is 2. The van der Waals surface area contributed by atoms with E-state index in [1.54, 1.807) is 10.6 Å². The number of rotatable bonds is 4. The minimum atomic E-state index is -0.0312. The summed E-state index contributed by atoms with van der Waals surface area (Å²) >= 11 is 0. The molecule has 1 aromatic carbocycles. The van der Waals surface area contributed by atoms with Crippen LogP contribution < -0.4 is 0 Å². The molecule has 25 heavy (non-hydrogen) atoms. The van der Waals surface area contributed by atoms with Crippen molar-refractivity contribution in [2.75, 3.05) is 13.1 Å². The van der Waals surface area contributed by atoms with Crippen LogP contribution in [0.25, 0.3) is 0 Å². The molecule has 0 radical (unpaired) electrons. The van der Waals surface area contributed by atoms with Crippen molar-refractivity contribution in [2.45, 2.75) is 33.7 Å². The highest BCUT2D eigenvalue weighted by Gasteiger charge is 2.26. The Balaban J connectivity index is 1.77. The molecule has 2 unspecified atom stereocenters. The van der Waals surface area contributed by atoms with Crippen LogP contribution in [0.5, 0.6) is 0 Å². The van der Waals surface area contributed by atoms with Gasteiger partial charge in [0.2, 0.25) is 11.7 Å². The van der Waals surface area contributed by atoms with E-state index in [0.717, 1.165) is 18.7 Å². The highest BCUT2D eigenvalue weighted by atomic mass is 16.2. The van der Waals surface area contributed by atoms with Gasteiger partial charge in [0.05, 0.1) is 5.69 Å². The molecule has 2 aromatic rings. The average Bonchev–Trinajstić information content (AvgIpc) is 3.02. The number of likely N-dealkylation sites (tertiary alicyclic amines) is 1. The van der Waals surface area contributed by atoms with Gasteiger partial charge >= 0.3 is 0 Å². The predicted octanol–water partition coefficient (Wildman–Crippen LogP) is 3.53. The fourth-order valence-corrected chi connectivity index (χ4v) is 3.84. The van der Waals surface area contributed by atoms with Crippen LogP contribution in [0.4, 0.5) is 0 Å². The number of aryl methyl sites for hydroxylation is 1. The molecule has 1 amide bonds. The van der Waals surface area contributed by atoms with Crippen LogP contribution in [0.3, 0.4) is 0 Å². The normalized spacial score (nSPS) is 20.5. The highest BCUT2D eigenvalue weighted by Crippen LogP contribution is 2.21. The second kappa shape index (κ2) is 7.26. The maximum Gasteiger partial charge on any atom is 0.242 e. The van der Waals surface area contributed by atoms with Gasteiger partial charge in [0.15, 0.2) is 0 Å². The van der Waals surface area contributed by atoms with Crippen LogP contribution >= 0.6 is 0 Å². The van der Waals surface area contributed by atoms with E-state index >= 15 is 0 Å². The molecular weight excluding hydrogens is 312 g/mol. The number of carbonyl (C=O) groups excluding carboxylic acids is 2. The number of nitrogens with zero attached hydrogens (tertiary/aromatic N) is 2. The molecule has 0 spiro atoms. The van der Waals surface area contributed by atoms with Gasteiger partial charge in [-0.2, -0.15) is 0 Å². The third-order valence-electron chi connectivity index (χ3n) is 4.98. The summed E-state index contributed by atoms with van der Waals surface area (Å²) in [5.74, 6) is 1.13. The fourth-order valence-electron chi connectivity index (χ4n) is 3.84. The topological polar surface area (TPSA) is 42.3 Å². The van der Waals surface area contributed by atoms with Gasteiger partial charge in [0, 0.05) is 24.8 Å². The first-order valence-corrected chi connectivity index (χ1v) is 8.99. The van der Waals surface area contributed by atoms with Crippen LogP contribution in [0.2, 0.25) is 0 Å². The summed E-state index contributed by atoms with van der Waals surface area (Å²) < 4.78 is 1.78. The molecule has 1 aliphatic heterocycles. The SMILES string of the molecule is Cc1ccccc1C(=O)c1cccn1CC(=O)N1CC(C)CC(C)C1. The summed E-state index contributed by atoms with van der Waals surface area (Å²) in [6.45, 7) is 8.16. The number of benzene rings is 1. The molecule has 0 N–H and O–H groups in total. The molecule has 4 nitrogen and oxygen atoms in total. The Morgan fingerprint density at radius 3 is 2.40 bits per heavy atom. The lowest BCUT2D eigenvalue weighted by atomic mass is 9.92. The van der Waals surface area contributed by atoms with Crippen molar-refractivity contribution in [1.82, 2.24) is 9.47 Å². The van der Waals surface area contributed by atoms with E-state index in [4.69, 9.17) is 0 Å². The van der Waals surface area contributed by atoms with Crippen molar-refractivity contribution in [1.29, 1.82) is 0 Å². The predicted molar refractivity (Wildman–Crippen MR) is 98.6 cm³/mol. The Morgan fingerprint density at radius 1 is 1.04 bits per heavy atom. The molecule has 132 valence electrons. The Bertz CT molecular complexity index is 768. The number of amides is 1. The maximum absolute atomic E-state index is 12.9. The van der Waals surface area contributed by atoms with Crippen LogP contribution in [0.1, 0.15) is 41.9 Å². The summed E-state index contributed by atoms with van der Waals surface area (Å²) in [5.41, 5.74) is 2.21. The van der Waals surface area contributed by atoms with E-state index in [9.17, 15) is 9.59 Å². The highest BCUT2D eigenvalue weighted by molar-refractivity contribution is 6.09. The van der Waals surface area contributed by atoms with Gasteiger partial charge in [-0.05, 0) is 42.9 Å². The summed E-state index contributed by atoms with van der Waals surface area (Å²) in [6.07, 6.45) is 2.99. The van der Waals surface area contributed by atoms with Gasteiger partial charge in [-0.15, -0.1) is 0 Å². The monoisotopic (exact) mass is 338 g/mol. The van der Waals surface area contributed by atoms with E-state index in [1.807, 2.05) is 48.4 Å². The van der Waals surface area contributed by atoms with Crippen molar-refractivity contribution in [3.63, 3.8) is 0 Å². The number of ketones is 1. The van der Waals surface area contributed by atoms with Gasteiger partial charge in [-0.1, -0.05) is 38.1 Å². The second-order valence-electron chi connectivity index (χ2n) is 7.41. The van der Waals surface area contributed by atoms with E-state index in [0.29, 0.717) is 23.1 Å². The van der Waals surface area contributed by atoms with Crippen molar-refractivity contribution in [3.8, 4) is 0 Å². The lowest BCUT2D eigenvalue weighted by molar-refractivity contribution is -0.134. The van der Waals surface area contributed by atoms with E-state index in [1.165, 1.54) is 6.42 Å². The molecule has 0 aliphatic carbocycles. The Kier molecular flexibility index (Phi) is 5.07. The summed E-state index contributed by atoms with van der Waals surface area (Å²) in [6, 6.07) is 11.2. The van der Waals surface area contributed by atoms with E-state index in [-0.39, 0.29) is 18.2 Å². The molecule has 3 rings (SSSR count). The third-order valence-corrected chi connectivity index (χ3v) is 4.98. The Hall–Kier alpha value is -2.36. The van der Waals surface area contributed by atoms with E-state index in [2.05, 4.69) is 13.8 Å². The summed E-state index contributed by atoms with van der Waals surface area (Å²) in [5, 5.41) is 0. The lowest BCUT2D eigenvalue weighted by Gasteiger charge is -2.35. The quantitative estimate of drug-likeness (QED) is 0.800. The van der Waals surface area contributed by atoms with Crippen LogP contribution in [-0.2, 0) is 11.3 Å². The molecule has 1 fully saturated rings. The Labute approximate surface area is 149 Å². The first-order valence-electron chi connectivity index (χ1n) is 8.99. The van der Waals surface area contributed by atoms with Crippen molar-refractivity contribution in [2.24, 2.45) is 11.8 Å². The first kappa shape index (κ1) is 17.5. The van der Waals surface area contributed by atoms with Gasteiger partial charge in [0.25, 0.3) is 0 Å². The molecule has 1 saturated heterocycles. The average molecular weight is 338 g/mol. The third kappa shape index (κ3) is 3.84. The van der Waals surface area contributed by atoms with Crippen molar-refractivity contribution < 1.29 is 9.59 Å². The molecule has 1 aromatic heterocycles. The summed E-state index contributed by atoms with van der Waals surface area (Å²) in [7, 11) is 0. The van der Waals surface area contributed by atoms with Gasteiger partial charge in [0.1, 0.15) is 6.54 Å². The number of hydrogen-bond acceptors (Lipinski definition) is 2. The zero-order valence-corrected chi connectivity index (χ0v) is 15.2. The standard InChI is InChI=1S/C21H26N2O2/c1-15-11-16(2)13-23(12-15)20(24)14-22-10-6-9-19(22)21(25)18-8-5-4-7-17(18)3/h4-10,15-16H,11-14H2,1-3H3. The lowest BCUT2D eigenvalue weighted by Crippen LogP contribution is -2.44. The van der Waals surface area contributed by atoms with Crippen LogP contribution in [0.15, 0.2) is 42.6 Å². The van der Waals surface area contributed by atoms with Crippen LogP contribution in [-0.4, -0.2) is 34.2 Å². The second-order valence-corrected chi connectivity index (χ2v) is 7.41. The van der Waals surface area contributed by atoms with Crippen molar-refractivity contribution >= 4 is 11.7 Å². The molecule has 0 saturated carbocycles. The zero-order chi connectivity index (χ0) is 18.0. The van der Waals surface area contributed by atoms with Gasteiger partial charge in [-0.3, -0.25) is 9.59 Å². The van der Waals surface area contributed by atoms with E-state index < -0.39 is 0 Å². The smallest absolute Gasteiger partial charge is 0.242 e. The number of hydrogen-bond donors (Lipinski definition) is 0. The minimum Gasteiger partial charge on any atom is -0.341 e. The fraction of sp³-hybridized carbons (Fsp3) is 0.429. The maximum atomic E-state index is 12.9. The summed E-state index contributed by atoms with van der Waals surface area (Å²) in [4.78, 5) is 27.5. The minimum absolute atomic E-state index is 0.0312. The zero-order valence-electron chi connectivity index (χ0n) is 15.2. The molecule has 0 bridgehead atoms. The van der Waals surface area contributed by atoms with Gasteiger partial charge in [-0.25, -0.2) is 0 Å². The van der Waals surface area contributed by atoms with Crippen LogP contribution in [0, 0.1) is 18.8 Å². The molecule has 1 aliphatic rings. The van der Waals surface area contributed by atoms with Crippen molar-refractivity contribution in [3.05, 3.63) is 59.4 Å². The molecule has 2 heterocycles. The first-order chi connectivity index (χ1) is 12.0.